The summed E-state index contributed by atoms with van der Waals surface area (Å²) in [5, 5.41) is 0. The Hall–Kier alpha value is -3.94. The van der Waals surface area contributed by atoms with E-state index in [2.05, 4.69) is 81.6 Å². The smallest absolute Gasteiger partial charge is 0.333 e. The highest BCUT2D eigenvalue weighted by Gasteiger charge is 2.71. The van der Waals surface area contributed by atoms with Crippen LogP contribution in [0.4, 0.5) is 0 Å². The molecule has 33 rings (SSSR count). The van der Waals surface area contributed by atoms with Crippen LogP contribution in [0.1, 0.15) is 206 Å². The zero-order chi connectivity index (χ0) is 101. The molecule has 50 atom stereocenters. The third-order valence-electron chi connectivity index (χ3n) is 44.6. The number of carbonyl (C=O) groups excluding carboxylic acids is 2. The van der Waals surface area contributed by atoms with Crippen LogP contribution in [0.2, 0.25) is 0 Å². The summed E-state index contributed by atoms with van der Waals surface area (Å²) in [7, 11) is 6.73. The van der Waals surface area contributed by atoms with Crippen molar-refractivity contribution in [3.05, 3.63) is 96.1 Å². The topological polar surface area (TPSA) is 270 Å². The van der Waals surface area contributed by atoms with Crippen molar-refractivity contribution >= 4 is 11.9 Å². The van der Waals surface area contributed by atoms with Crippen LogP contribution < -0.4 is 0 Å². The van der Waals surface area contributed by atoms with Gasteiger partial charge in [0.05, 0.1) is 182 Å². The molecule has 10 heterocycles. The Balaban J connectivity index is 0.0000000910. The lowest BCUT2D eigenvalue weighted by Crippen LogP contribution is -2.49. The molecule has 24 nitrogen and oxygen atoms in total. The number of rotatable bonds is 34. The summed E-state index contributed by atoms with van der Waals surface area (Å²) in [6.07, 6.45) is 44.8. The lowest BCUT2D eigenvalue weighted by atomic mass is 9.60. The number of epoxide rings is 10. The highest BCUT2D eigenvalue weighted by atomic mass is 16.6. The van der Waals surface area contributed by atoms with Crippen LogP contribution in [-0.4, -0.2) is 283 Å². The van der Waals surface area contributed by atoms with Gasteiger partial charge in [0.25, 0.3) is 0 Å². The van der Waals surface area contributed by atoms with Crippen LogP contribution in [0.25, 0.3) is 0 Å². The quantitative estimate of drug-likeness (QED) is 0.0272. The van der Waals surface area contributed by atoms with E-state index in [1.807, 2.05) is 6.07 Å². The molecular weight excluding hydrogens is 1870 g/mol. The number of methoxy groups -OCH3 is 4. The van der Waals surface area contributed by atoms with E-state index < -0.39 is 0 Å². The summed E-state index contributed by atoms with van der Waals surface area (Å²) in [6, 6.07) is 21.3. The van der Waals surface area contributed by atoms with Gasteiger partial charge in [-0.05, 0) is 363 Å². The van der Waals surface area contributed by atoms with Crippen molar-refractivity contribution in [3.63, 3.8) is 0 Å². The normalized spacial score (nSPS) is 48.5. The highest BCUT2D eigenvalue weighted by Crippen LogP contribution is 2.76. The van der Waals surface area contributed by atoms with Crippen LogP contribution in [0.5, 0.6) is 0 Å². The van der Waals surface area contributed by atoms with Gasteiger partial charge in [-0.15, -0.1) is 0 Å². The van der Waals surface area contributed by atoms with Gasteiger partial charge in [0.1, 0.15) is 61.0 Å². The van der Waals surface area contributed by atoms with Crippen LogP contribution >= 0.6 is 0 Å². The first-order chi connectivity index (χ1) is 72.3. The predicted molar refractivity (Wildman–Crippen MR) is 554 cm³/mol. The number of fused-ring (bicyclic) bond motifs is 41. The van der Waals surface area contributed by atoms with E-state index in [1.165, 1.54) is 101 Å². The third-order valence-corrected chi connectivity index (χ3v) is 44.6. The lowest BCUT2D eigenvalue weighted by molar-refractivity contribution is -0.144. The molecule has 10 saturated heterocycles. The minimum Gasteiger partial charge on any atom is -0.462 e. The molecule has 0 radical (unpaired) electrons. The second-order valence-corrected chi connectivity index (χ2v) is 52.9. The molecule has 0 N–H and O–H groups in total. The zero-order valence-electron chi connectivity index (χ0n) is 90.6. The Kier molecular flexibility index (Phi) is 33.0. The summed E-state index contributed by atoms with van der Waals surface area (Å²) in [5.74, 6) is 29.6. The third kappa shape index (κ3) is 23.3. The van der Waals surface area contributed by atoms with Crippen molar-refractivity contribution < 1.29 is 114 Å². The summed E-state index contributed by atoms with van der Waals surface area (Å²) in [6.45, 7) is 33.3. The van der Waals surface area contributed by atoms with Gasteiger partial charge in [0.2, 0.25) is 0 Å². The maximum Gasteiger partial charge on any atom is 0.333 e. The minimum absolute atomic E-state index is 0.0220. The summed E-state index contributed by atoms with van der Waals surface area (Å²) < 4.78 is 119. The van der Waals surface area contributed by atoms with Crippen molar-refractivity contribution in [2.24, 2.45) is 189 Å². The number of hydrogen-bond acceptors (Lipinski definition) is 24. The second-order valence-electron chi connectivity index (χ2n) is 52.9. The highest BCUT2D eigenvalue weighted by molar-refractivity contribution is 5.87. The largest absolute Gasteiger partial charge is 0.462 e. The molecule has 0 amide bonds. The Bertz CT molecular complexity index is 4620. The Morgan fingerprint density at radius 1 is 0.277 bits per heavy atom. The lowest BCUT2D eigenvalue weighted by Gasteiger charge is -2.45. The van der Waals surface area contributed by atoms with Gasteiger partial charge >= 0.3 is 11.9 Å². The second kappa shape index (κ2) is 46.2. The molecule has 21 saturated carbocycles. The van der Waals surface area contributed by atoms with Crippen molar-refractivity contribution in [2.75, 3.05) is 174 Å². The zero-order valence-corrected chi connectivity index (χ0v) is 90.6. The number of ether oxygens (including phenoxy) is 22. The molecule has 2 aromatic carbocycles. The molecule has 31 aliphatic rings. The van der Waals surface area contributed by atoms with Crippen LogP contribution in [0.15, 0.2) is 85.0 Å². The van der Waals surface area contributed by atoms with E-state index in [0.29, 0.717) is 146 Å². The number of hydrogen-bond donors (Lipinski definition) is 0. The van der Waals surface area contributed by atoms with Crippen LogP contribution in [0, 0.1) is 189 Å². The average Bonchev–Trinajstić information content (AvgIpc) is 1.57. The molecule has 822 valence electrons. The first-order valence-corrected chi connectivity index (χ1v) is 59.9. The van der Waals surface area contributed by atoms with E-state index in [-0.39, 0.29) is 34.8 Å². The monoisotopic (exact) mass is 2060 g/mol. The first kappa shape index (κ1) is 106. The fourth-order valence-electron chi connectivity index (χ4n) is 38.0. The molecule has 10 aliphatic heterocycles. The Morgan fingerprint density at radius 2 is 0.608 bits per heavy atom. The van der Waals surface area contributed by atoms with Gasteiger partial charge in [-0.3, -0.25) is 0 Å². The van der Waals surface area contributed by atoms with E-state index in [9.17, 15) is 9.59 Å². The van der Waals surface area contributed by atoms with Gasteiger partial charge in [0.15, 0.2) is 0 Å². The summed E-state index contributed by atoms with van der Waals surface area (Å²) in [5.41, 5.74) is 3.39. The fourth-order valence-corrected chi connectivity index (χ4v) is 38.0. The van der Waals surface area contributed by atoms with Gasteiger partial charge in [-0.1, -0.05) is 101 Å². The first-order valence-electron chi connectivity index (χ1n) is 59.9. The molecule has 0 aromatic heterocycles. The standard InChI is InChI=1S/C24H30O4.C20H26O4.2C18H26O2.C15H22O2.C13H20O2.4C4H8O2/c1-15(2)22(25)27-13-18-11-17-12-20(18)24(5,19-9-7-6-8-10-19)21(17)14-28-23(26)16(3)4;1-20(14-5-3-2-4-6-14)17-7-13(19(20)24-12-16-10-22-16)8-18(17)23-11-15-9-21-15;1-2-10-3-9(1)13-6-14-11-4-15(18(14)17(10)13)16(5-11)20-8-12-7-19-12;1-2-11-12(3-1)14-6-13(11)17-9-4-15(18(14)17)16(5-9)20-8-10-7-19-10;1-2-9-3-8(1)14-10-4-12(15(9)14)13(5-10)17-7-11-6-16-11;1-2-10-8-4-12(11(10)3-1)13(5-8)15-7-9-6-14-9;4*1-5-2-4-3-6-4/h6-10,17-18,20-21H,1,3,11-14H2,2,4-5H3;2-6,13,15-19H,7-12H2,1H3;2*9-18H,1-8H2;8-15H,1-7H2;8-13H,1-7H2;4*4H,2-3H2,1H3. The molecule has 0 spiro atoms. The molecular formula is C124H182O24. The molecule has 21 aliphatic carbocycles. The SMILES string of the molecule is C1CC2C(C1)C1CC2C2C3CC(OCC4CO4)C(C3)C12.C1CC2C3CC(OCC4CO4)C(C3)C2C1.C1OC1COC1CC2CC1C1C2CC2C3CCC(C3)C21.C1OC1COC1CC2CC1C1C3CCC(C3)C21.C=C(C)C(=O)OCC1CC2CC1C(C)(c1ccccc1)C2COC(=O)C(=C)C.CC1(c2ccccc2)C2CC(CC2OCC2CO2)C1OCC1CO1.COCC1CO1.COCC1CO1.COCC1CO1.COCC1CO1. The Labute approximate surface area is 883 Å². The van der Waals surface area contributed by atoms with Crippen LogP contribution in [0.3, 0.4) is 0 Å². The van der Waals surface area contributed by atoms with Gasteiger partial charge < -0.3 is 104 Å². The van der Waals surface area contributed by atoms with Gasteiger partial charge in [-0.2, -0.15) is 0 Å². The molecule has 31 fully saturated rings. The van der Waals surface area contributed by atoms with Gasteiger partial charge in [0, 0.05) is 56.3 Å². The van der Waals surface area contributed by atoms with Crippen molar-refractivity contribution in [1.82, 2.24) is 0 Å². The van der Waals surface area contributed by atoms with Crippen molar-refractivity contribution in [1.29, 1.82) is 0 Å². The molecule has 2 aromatic rings. The van der Waals surface area contributed by atoms with Crippen molar-refractivity contribution in [2.45, 2.75) is 303 Å². The maximum atomic E-state index is 12.0. The number of esters is 2. The summed E-state index contributed by atoms with van der Waals surface area (Å²) in [4.78, 5) is 23.8. The molecule has 148 heavy (non-hydrogen) atoms. The fraction of sp³-hybridized carbons (Fsp3) is 0.855. The van der Waals surface area contributed by atoms with Crippen molar-refractivity contribution in [3.8, 4) is 0 Å². The van der Waals surface area contributed by atoms with E-state index in [0.717, 1.165) is 305 Å². The molecule has 50 unspecified atom stereocenters. The number of carbonyl (C=O) groups is 2. The predicted octanol–water partition coefficient (Wildman–Crippen LogP) is 18.0. The van der Waals surface area contributed by atoms with E-state index in [1.54, 1.807) is 100 Å². The van der Waals surface area contributed by atoms with Gasteiger partial charge in [-0.25, -0.2) is 9.59 Å². The summed E-state index contributed by atoms with van der Waals surface area (Å²) >= 11 is 0. The van der Waals surface area contributed by atoms with E-state index in [4.69, 9.17) is 104 Å². The molecule has 24 heteroatoms. The minimum atomic E-state index is -0.329. The average molecular weight is 2060 g/mol. The van der Waals surface area contributed by atoms with Crippen LogP contribution in [-0.2, 0) is 125 Å². The van der Waals surface area contributed by atoms with E-state index >= 15 is 0 Å². The Morgan fingerprint density at radius 3 is 1.08 bits per heavy atom. The number of benzene rings is 2. The maximum absolute atomic E-state index is 12.0. The molecule has 18 bridgehead atoms.